The van der Waals surface area contributed by atoms with E-state index < -0.39 is 17.1 Å². The molecule has 7 nitrogen and oxygen atoms in total. The van der Waals surface area contributed by atoms with Gasteiger partial charge < -0.3 is 20.4 Å². The normalized spacial score (nSPS) is 11.8. The number of amides is 3. The number of carbonyl (C=O) groups excluding carboxylic acids is 3. The Morgan fingerprint density at radius 3 is 2.23 bits per heavy atom. The third-order valence-electron chi connectivity index (χ3n) is 6.68. The summed E-state index contributed by atoms with van der Waals surface area (Å²) in [7, 11) is 0. The van der Waals surface area contributed by atoms with Crippen molar-refractivity contribution in [2.75, 3.05) is 10.6 Å². The Hall–Kier alpha value is -5.34. The van der Waals surface area contributed by atoms with Gasteiger partial charge in [-0.15, -0.1) is 11.8 Å². The van der Waals surface area contributed by atoms with Gasteiger partial charge in [0, 0.05) is 27.9 Å². The molecule has 1 heterocycles. The molecule has 0 bridgehead atoms. The summed E-state index contributed by atoms with van der Waals surface area (Å²) in [6, 6.07) is 34.7. The lowest BCUT2D eigenvalue weighted by Crippen LogP contribution is -2.30. The van der Waals surface area contributed by atoms with Crippen LogP contribution in [-0.2, 0) is 9.59 Å². The molecule has 3 amide bonds. The molecule has 0 saturated carbocycles. The lowest BCUT2D eigenvalue weighted by Gasteiger charge is -2.19. The molecule has 0 aliphatic rings. The monoisotopic (exact) mass is 601 g/mol. The van der Waals surface area contributed by atoms with E-state index in [9.17, 15) is 14.4 Å². The van der Waals surface area contributed by atoms with E-state index in [0.29, 0.717) is 17.0 Å². The van der Waals surface area contributed by atoms with E-state index in [4.69, 9.17) is 4.42 Å². The van der Waals surface area contributed by atoms with Crippen molar-refractivity contribution >= 4 is 46.9 Å². The summed E-state index contributed by atoms with van der Waals surface area (Å²) in [4.78, 5) is 40.7. The summed E-state index contributed by atoms with van der Waals surface area (Å²) in [5, 5.41) is 8.10. The average Bonchev–Trinajstić information content (AvgIpc) is 3.55. The first-order valence-electron chi connectivity index (χ1n) is 14.0. The van der Waals surface area contributed by atoms with Crippen molar-refractivity contribution in [1.29, 1.82) is 0 Å². The van der Waals surface area contributed by atoms with Crippen molar-refractivity contribution in [3.05, 3.63) is 155 Å². The van der Waals surface area contributed by atoms with E-state index in [0.717, 1.165) is 27.3 Å². The van der Waals surface area contributed by atoms with Crippen LogP contribution in [0.25, 0.3) is 6.08 Å². The third kappa shape index (κ3) is 7.93. The Balaban J connectivity index is 1.36. The van der Waals surface area contributed by atoms with Crippen LogP contribution in [0.15, 0.2) is 137 Å². The predicted molar refractivity (Wildman–Crippen MR) is 175 cm³/mol. The molecular weight excluding hydrogens is 570 g/mol. The van der Waals surface area contributed by atoms with E-state index in [1.807, 2.05) is 74.5 Å². The van der Waals surface area contributed by atoms with Crippen LogP contribution in [0.5, 0.6) is 0 Å². The van der Waals surface area contributed by atoms with Gasteiger partial charge in [0.25, 0.3) is 11.8 Å². The van der Waals surface area contributed by atoms with Crippen molar-refractivity contribution in [1.82, 2.24) is 5.32 Å². The zero-order valence-corrected chi connectivity index (χ0v) is 25.1. The standard InChI is InChI=1S/C36H31N3O4S/c1-24-18-19-31(25(2)21-24)38-36(42)33(26-11-5-3-6-12-26)44-30-17-9-15-28(22-30)37-35(41)32(23-29-16-10-20-43-29)39-34(40)27-13-7-4-8-14-27/h3-23,33H,1-2H3,(H,37,41)(H,38,42)(H,39,40)/b32-23-. The number of rotatable bonds is 10. The summed E-state index contributed by atoms with van der Waals surface area (Å²) in [6.07, 6.45) is 2.96. The van der Waals surface area contributed by atoms with Gasteiger partial charge >= 0.3 is 0 Å². The first kappa shape index (κ1) is 30.1. The highest BCUT2D eigenvalue weighted by atomic mass is 32.2. The van der Waals surface area contributed by atoms with Crippen LogP contribution in [0, 0.1) is 13.8 Å². The Morgan fingerprint density at radius 2 is 1.52 bits per heavy atom. The van der Waals surface area contributed by atoms with Crippen LogP contribution >= 0.6 is 11.8 Å². The van der Waals surface area contributed by atoms with Crippen LogP contribution in [0.4, 0.5) is 11.4 Å². The second-order valence-electron chi connectivity index (χ2n) is 10.1. The highest BCUT2D eigenvalue weighted by Gasteiger charge is 2.23. The van der Waals surface area contributed by atoms with Gasteiger partial charge in [-0.3, -0.25) is 14.4 Å². The van der Waals surface area contributed by atoms with Crippen molar-refractivity contribution in [2.24, 2.45) is 0 Å². The lowest BCUT2D eigenvalue weighted by atomic mass is 10.1. The number of furan rings is 1. The SMILES string of the molecule is Cc1ccc(NC(=O)C(Sc2cccc(NC(=O)/C(=C/c3ccco3)NC(=O)c3ccccc3)c2)c2ccccc2)c(C)c1. The Labute approximate surface area is 260 Å². The molecule has 1 unspecified atom stereocenters. The molecule has 3 N–H and O–H groups in total. The van der Waals surface area contributed by atoms with Crippen molar-refractivity contribution < 1.29 is 18.8 Å². The molecule has 0 fully saturated rings. The first-order chi connectivity index (χ1) is 21.4. The Bertz CT molecular complexity index is 1790. The molecule has 1 aromatic heterocycles. The van der Waals surface area contributed by atoms with Gasteiger partial charge in [0.2, 0.25) is 5.91 Å². The lowest BCUT2D eigenvalue weighted by molar-refractivity contribution is -0.116. The summed E-state index contributed by atoms with van der Waals surface area (Å²) in [5.74, 6) is -0.702. The van der Waals surface area contributed by atoms with Gasteiger partial charge in [-0.2, -0.15) is 0 Å². The molecular formula is C36H31N3O4S. The van der Waals surface area contributed by atoms with Crippen LogP contribution < -0.4 is 16.0 Å². The molecule has 8 heteroatoms. The number of hydrogen-bond donors (Lipinski definition) is 3. The van der Waals surface area contributed by atoms with E-state index in [1.165, 1.54) is 24.1 Å². The number of benzene rings is 4. The van der Waals surface area contributed by atoms with Gasteiger partial charge in [0.05, 0.1) is 6.26 Å². The predicted octanol–water partition coefficient (Wildman–Crippen LogP) is 7.78. The van der Waals surface area contributed by atoms with Crippen molar-refractivity contribution in [3.8, 4) is 0 Å². The number of hydrogen-bond acceptors (Lipinski definition) is 5. The van der Waals surface area contributed by atoms with Crippen LogP contribution in [0.2, 0.25) is 0 Å². The minimum absolute atomic E-state index is 0.0156. The highest BCUT2D eigenvalue weighted by Crippen LogP contribution is 2.37. The molecule has 1 atom stereocenters. The summed E-state index contributed by atoms with van der Waals surface area (Å²) >= 11 is 1.38. The van der Waals surface area contributed by atoms with E-state index in [1.54, 1.807) is 54.6 Å². The summed E-state index contributed by atoms with van der Waals surface area (Å²) < 4.78 is 5.39. The fourth-order valence-electron chi connectivity index (χ4n) is 4.49. The van der Waals surface area contributed by atoms with E-state index in [-0.39, 0.29) is 11.6 Å². The zero-order valence-electron chi connectivity index (χ0n) is 24.2. The number of thioether (sulfide) groups is 1. The Kier molecular flexibility index (Phi) is 9.74. The number of anilines is 2. The van der Waals surface area contributed by atoms with Gasteiger partial charge in [0.1, 0.15) is 16.7 Å². The topological polar surface area (TPSA) is 100 Å². The Morgan fingerprint density at radius 1 is 0.773 bits per heavy atom. The molecule has 0 saturated heterocycles. The summed E-state index contributed by atoms with van der Waals surface area (Å²) in [5.41, 5.74) is 4.64. The fraction of sp³-hybridized carbons (Fsp3) is 0.0833. The van der Waals surface area contributed by atoms with Crippen LogP contribution in [-0.4, -0.2) is 17.7 Å². The van der Waals surface area contributed by atoms with Gasteiger partial charge in [0.15, 0.2) is 0 Å². The smallest absolute Gasteiger partial charge is 0.272 e. The number of carbonyl (C=O) groups is 3. The molecule has 0 spiro atoms. The maximum Gasteiger partial charge on any atom is 0.272 e. The fourth-order valence-corrected chi connectivity index (χ4v) is 5.58. The number of aryl methyl sites for hydroxylation is 2. The second-order valence-corrected chi connectivity index (χ2v) is 11.3. The highest BCUT2D eigenvalue weighted by molar-refractivity contribution is 8.00. The minimum atomic E-state index is -0.553. The average molecular weight is 602 g/mol. The molecule has 5 rings (SSSR count). The van der Waals surface area contributed by atoms with Crippen LogP contribution in [0.1, 0.15) is 38.1 Å². The molecule has 0 aliphatic carbocycles. The van der Waals surface area contributed by atoms with Gasteiger partial charge in [-0.05, 0) is 73.5 Å². The number of nitrogens with one attached hydrogen (secondary N) is 3. The maximum atomic E-state index is 13.6. The molecule has 4 aromatic carbocycles. The van der Waals surface area contributed by atoms with Crippen LogP contribution in [0.3, 0.4) is 0 Å². The van der Waals surface area contributed by atoms with E-state index >= 15 is 0 Å². The van der Waals surface area contributed by atoms with Gasteiger partial charge in [-0.1, -0.05) is 72.3 Å². The zero-order chi connectivity index (χ0) is 30.9. The van der Waals surface area contributed by atoms with E-state index in [2.05, 4.69) is 16.0 Å². The van der Waals surface area contributed by atoms with Crippen molar-refractivity contribution in [3.63, 3.8) is 0 Å². The molecule has 0 radical (unpaired) electrons. The second kappa shape index (κ2) is 14.2. The minimum Gasteiger partial charge on any atom is -0.465 e. The molecule has 220 valence electrons. The first-order valence-corrected chi connectivity index (χ1v) is 14.9. The molecule has 5 aromatic rings. The quantitative estimate of drug-likeness (QED) is 0.112. The third-order valence-corrected chi connectivity index (χ3v) is 7.93. The largest absolute Gasteiger partial charge is 0.465 e. The summed E-state index contributed by atoms with van der Waals surface area (Å²) in [6.45, 7) is 3.98. The molecule has 44 heavy (non-hydrogen) atoms. The maximum absolute atomic E-state index is 13.6. The van der Waals surface area contributed by atoms with Crippen molar-refractivity contribution in [2.45, 2.75) is 24.0 Å². The molecule has 0 aliphatic heterocycles. The van der Waals surface area contributed by atoms with Gasteiger partial charge in [-0.25, -0.2) is 0 Å².